The van der Waals surface area contributed by atoms with Gasteiger partial charge in [-0.05, 0) is 49.7 Å². The lowest BCUT2D eigenvalue weighted by Crippen LogP contribution is -2.12. The molecule has 10 heteroatoms. The molecule has 1 N–H and O–H groups in total. The number of ether oxygens (including phenoxy) is 1. The molecule has 1 heterocycles. The number of furan rings is 1. The number of carbonyl (C=O) groups is 1. The van der Waals surface area contributed by atoms with Crippen LogP contribution in [0.1, 0.15) is 27.4 Å². The Bertz CT molecular complexity index is 1140. The second-order valence-corrected chi connectivity index (χ2v) is 6.47. The van der Waals surface area contributed by atoms with Crippen molar-refractivity contribution in [2.45, 2.75) is 20.5 Å². The molecule has 3 aromatic rings. The van der Waals surface area contributed by atoms with E-state index in [4.69, 9.17) is 9.15 Å². The molecule has 1 aromatic heterocycles. The van der Waals surface area contributed by atoms with Gasteiger partial charge in [0.1, 0.15) is 18.1 Å². The summed E-state index contributed by atoms with van der Waals surface area (Å²) in [6.45, 7) is 3.29. The summed E-state index contributed by atoms with van der Waals surface area (Å²) in [5.74, 6) is 0.356. The molecule has 0 radical (unpaired) electrons. The second-order valence-electron chi connectivity index (χ2n) is 6.47. The normalized spacial score (nSPS) is 10.5. The zero-order valence-corrected chi connectivity index (χ0v) is 16.1. The van der Waals surface area contributed by atoms with E-state index in [0.29, 0.717) is 28.3 Å². The van der Waals surface area contributed by atoms with Gasteiger partial charge in [-0.1, -0.05) is 0 Å². The number of non-ortho nitro benzene ring substituents is 1. The standard InChI is InChI=1S/C20H17N3O7/c1-12-9-14(22(25)26)3-6-17(12)21-20(24)19-8-5-16(30-19)11-29-15-4-7-18(23(27)28)13(2)10-15/h3-10H,11H2,1-2H3,(H,21,24). The van der Waals surface area contributed by atoms with Gasteiger partial charge in [0.2, 0.25) is 0 Å². The summed E-state index contributed by atoms with van der Waals surface area (Å²) >= 11 is 0. The molecular weight excluding hydrogens is 394 g/mol. The molecule has 10 nitrogen and oxygen atoms in total. The molecule has 0 bridgehead atoms. The highest BCUT2D eigenvalue weighted by atomic mass is 16.6. The average molecular weight is 411 g/mol. The van der Waals surface area contributed by atoms with E-state index in [-0.39, 0.29) is 23.7 Å². The van der Waals surface area contributed by atoms with Crippen LogP contribution < -0.4 is 10.1 Å². The van der Waals surface area contributed by atoms with Gasteiger partial charge in [-0.2, -0.15) is 0 Å². The lowest BCUT2D eigenvalue weighted by molar-refractivity contribution is -0.385. The van der Waals surface area contributed by atoms with Gasteiger partial charge in [0, 0.05) is 29.4 Å². The van der Waals surface area contributed by atoms with E-state index < -0.39 is 15.8 Å². The fourth-order valence-electron chi connectivity index (χ4n) is 2.74. The molecule has 1 amide bonds. The van der Waals surface area contributed by atoms with Crippen LogP contribution in [-0.2, 0) is 6.61 Å². The molecular formula is C20H17N3O7. The number of nitro benzene ring substituents is 2. The van der Waals surface area contributed by atoms with Crippen LogP contribution in [-0.4, -0.2) is 15.8 Å². The van der Waals surface area contributed by atoms with Crippen molar-refractivity contribution < 1.29 is 23.8 Å². The van der Waals surface area contributed by atoms with Crippen LogP contribution in [0.2, 0.25) is 0 Å². The van der Waals surface area contributed by atoms with Crippen molar-refractivity contribution in [2.75, 3.05) is 5.32 Å². The van der Waals surface area contributed by atoms with Gasteiger partial charge < -0.3 is 14.5 Å². The molecule has 0 saturated heterocycles. The van der Waals surface area contributed by atoms with E-state index in [1.165, 1.54) is 36.4 Å². The molecule has 0 fully saturated rings. The summed E-state index contributed by atoms with van der Waals surface area (Å²) in [7, 11) is 0. The Morgan fingerprint density at radius 1 is 1.00 bits per heavy atom. The number of anilines is 1. The fourth-order valence-corrected chi connectivity index (χ4v) is 2.74. The maximum atomic E-state index is 12.4. The minimum absolute atomic E-state index is 0.000781. The molecule has 30 heavy (non-hydrogen) atoms. The topological polar surface area (TPSA) is 138 Å². The first-order valence-electron chi connectivity index (χ1n) is 8.77. The van der Waals surface area contributed by atoms with Crippen LogP contribution in [0, 0.1) is 34.1 Å². The predicted molar refractivity (Wildman–Crippen MR) is 107 cm³/mol. The fraction of sp³-hybridized carbons (Fsp3) is 0.150. The number of nitrogens with zero attached hydrogens (tertiary/aromatic N) is 2. The summed E-state index contributed by atoms with van der Waals surface area (Å²) in [5, 5.41) is 24.3. The Morgan fingerprint density at radius 2 is 1.77 bits per heavy atom. The van der Waals surface area contributed by atoms with Crippen molar-refractivity contribution >= 4 is 23.0 Å². The third-order valence-corrected chi connectivity index (χ3v) is 4.30. The maximum Gasteiger partial charge on any atom is 0.291 e. The van der Waals surface area contributed by atoms with Crippen LogP contribution in [0.15, 0.2) is 52.9 Å². The highest BCUT2D eigenvalue weighted by molar-refractivity contribution is 6.02. The van der Waals surface area contributed by atoms with Gasteiger partial charge in [-0.25, -0.2) is 0 Å². The molecule has 0 aliphatic heterocycles. The van der Waals surface area contributed by atoms with Gasteiger partial charge >= 0.3 is 0 Å². The maximum absolute atomic E-state index is 12.4. The predicted octanol–water partition coefficient (Wildman–Crippen LogP) is 4.54. The first-order chi connectivity index (χ1) is 14.2. The Balaban J connectivity index is 1.63. The summed E-state index contributed by atoms with van der Waals surface area (Å²) in [6, 6.07) is 11.6. The SMILES string of the molecule is Cc1cc([N+](=O)[O-])ccc1NC(=O)c1ccc(COc2ccc([N+](=O)[O-])c(C)c2)o1. The number of benzene rings is 2. The van der Waals surface area contributed by atoms with E-state index in [2.05, 4.69) is 5.32 Å². The molecule has 2 aromatic carbocycles. The van der Waals surface area contributed by atoms with Crippen LogP contribution >= 0.6 is 0 Å². The second kappa shape index (κ2) is 8.43. The van der Waals surface area contributed by atoms with Crippen molar-refractivity contribution in [3.63, 3.8) is 0 Å². The van der Waals surface area contributed by atoms with Crippen LogP contribution in [0.25, 0.3) is 0 Å². The monoisotopic (exact) mass is 411 g/mol. The van der Waals surface area contributed by atoms with Crippen molar-refractivity contribution in [1.29, 1.82) is 0 Å². The number of nitro groups is 2. The van der Waals surface area contributed by atoms with Crippen LogP contribution in [0.4, 0.5) is 17.1 Å². The zero-order chi connectivity index (χ0) is 21.8. The molecule has 0 aliphatic carbocycles. The largest absolute Gasteiger partial charge is 0.486 e. The first kappa shape index (κ1) is 20.5. The lowest BCUT2D eigenvalue weighted by Gasteiger charge is -2.07. The molecule has 0 aliphatic rings. The molecule has 0 atom stereocenters. The first-order valence-corrected chi connectivity index (χ1v) is 8.77. The third-order valence-electron chi connectivity index (χ3n) is 4.30. The van der Waals surface area contributed by atoms with E-state index in [0.717, 1.165) is 0 Å². The summed E-state index contributed by atoms with van der Waals surface area (Å²) in [6.07, 6.45) is 0. The minimum Gasteiger partial charge on any atom is -0.486 e. The van der Waals surface area contributed by atoms with E-state index in [1.54, 1.807) is 26.0 Å². The van der Waals surface area contributed by atoms with E-state index in [1.807, 2.05) is 0 Å². The molecule has 0 spiro atoms. The van der Waals surface area contributed by atoms with E-state index >= 15 is 0 Å². The number of nitrogens with one attached hydrogen (secondary N) is 1. The Hall–Kier alpha value is -4.21. The van der Waals surface area contributed by atoms with Crippen LogP contribution in [0.3, 0.4) is 0 Å². The van der Waals surface area contributed by atoms with Gasteiger partial charge in [-0.15, -0.1) is 0 Å². The Kier molecular flexibility index (Phi) is 5.77. The number of carbonyl (C=O) groups excluding carboxylic acids is 1. The van der Waals surface area contributed by atoms with Crippen molar-refractivity contribution in [1.82, 2.24) is 0 Å². The Morgan fingerprint density at radius 3 is 2.40 bits per heavy atom. The number of rotatable bonds is 7. The number of hydrogen-bond acceptors (Lipinski definition) is 7. The van der Waals surface area contributed by atoms with Gasteiger partial charge in [0.05, 0.1) is 9.85 Å². The van der Waals surface area contributed by atoms with Gasteiger partial charge in [0.25, 0.3) is 17.3 Å². The summed E-state index contributed by atoms with van der Waals surface area (Å²) in [5.41, 5.74) is 1.38. The number of amides is 1. The molecule has 154 valence electrons. The summed E-state index contributed by atoms with van der Waals surface area (Å²) in [4.78, 5) is 33.1. The van der Waals surface area contributed by atoms with Crippen molar-refractivity contribution in [2.24, 2.45) is 0 Å². The van der Waals surface area contributed by atoms with Crippen LogP contribution in [0.5, 0.6) is 5.75 Å². The lowest BCUT2D eigenvalue weighted by atomic mass is 10.2. The average Bonchev–Trinajstić information content (AvgIpc) is 3.16. The Labute approximate surface area is 170 Å². The number of aryl methyl sites for hydroxylation is 2. The third kappa shape index (κ3) is 4.61. The minimum atomic E-state index is -0.510. The quantitative estimate of drug-likeness (QED) is 0.445. The molecule has 0 unspecified atom stereocenters. The highest BCUT2D eigenvalue weighted by Gasteiger charge is 2.15. The van der Waals surface area contributed by atoms with E-state index in [9.17, 15) is 25.0 Å². The summed E-state index contributed by atoms with van der Waals surface area (Å²) < 4.78 is 11.0. The smallest absolute Gasteiger partial charge is 0.291 e. The highest BCUT2D eigenvalue weighted by Crippen LogP contribution is 2.25. The molecule has 3 rings (SSSR count). The number of hydrogen-bond donors (Lipinski definition) is 1. The van der Waals surface area contributed by atoms with Gasteiger partial charge in [0.15, 0.2) is 5.76 Å². The zero-order valence-electron chi connectivity index (χ0n) is 16.1. The van der Waals surface area contributed by atoms with Crippen molar-refractivity contribution in [3.8, 4) is 5.75 Å². The molecule has 0 saturated carbocycles. The van der Waals surface area contributed by atoms with Gasteiger partial charge in [-0.3, -0.25) is 25.0 Å². The van der Waals surface area contributed by atoms with Crippen molar-refractivity contribution in [3.05, 3.63) is 91.4 Å².